The van der Waals surface area contributed by atoms with Gasteiger partial charge in [-0.2, -0.15) is 5.10 Å². The van der Waals surface area contributed by atoms with Crippen molar-refractivity contribution in [3.8, 4) is 5.75 Å². The van der Waals surface area contributed by atoms with E-state index in [0.29, 0.717) is 0 Å². The van der Waals surface area contributed by atoms with Crippen LogP contribution in [0.25, 0.3) is 0 Å². The molecule has 0 saturated heterocycles. The molecule has 0 aliphatic rings. The molecule has 1 aromatic heterocycles. The lowest BCUT2D eigenvalue weighted by Gasteiger charge is -2.20. The molecule has 0 spiro atoms. The Balaban J connectivity index is 1.81. The lowest BCUT2D eigenvalue weighted by Crippen LogP contribution is -2.39. The fraction of sp³-hybridized carbons (Fsp3) is 0.444. The number of aryl methyl sites for hydroxylation is 2. The summed E-state index contributed by atoms with van der Waals surface area (Å²) in [7, 11) is 3.47. The Kier molecular flexibility index (Phi) is 6.66. The van der Waals surface area contributed by atoms with E-state index in [1.54, 1.807) is 14.2 Å². The highest BCUT2D eigenvalue weighted by molar-refractivity contribution is 5.80. The highest BCUT2D eigenvalue weighted by Gasteiger charge is 2.12. The van der Waals surface area contributed by atoms with Gasteiger partial charge < -0.3 is 15.4 Å². The van der Waals surface area contributed by atoms with Crippen molar-refractivity contribution in [2.45, 2.75) is 32.9 Å². The molecule has 0 radical (unpaired) electrons. The van der Waals surface area contributed by atoms with Crippen molar-refractivity contribution in [2.75, 3.05) is 20.7 Å². The Morgan fingerprint density at radius 1 is 1.38 bits per heavy atom. The second kappa shape index (κ2) is 8.96. The summed E-state index contributed by atoms with van der Waals surface area (Å²) in [5, 5.41) is 11.0. The number of rotatable bonds is 7. The maximum absolute atomic E-state index is 5.42. The third kappa shape index (κ3) is 5.01. The normalized spacial score (nSPS) is 12.8. The lowest BCUT2D eigenvalue weighted by molar-refractivity contribution is 0.405. The third-order valence-electron chi connectivity index (χ3n) is 3.80. The van der Waals surface area contributed by atoms with E-state index in [9.17, 15) is 0 Å². The van der Waals surface area contributed by atoms with Gasteiger partial charge in [0.05, 0.1) is 19.3 Å². The fourth-order valence-electron chi connectivity index (χ4n) is 2.54. The van der Waals surface area contributed by atoms with Crippen LogP contribution in [0.3, 0.4) is 0 Å². The zero-order valence-corrected chi connectivity index (χ0v) is 14.9. The van der Waals surface area contributed by atoms with Gasteiger partial charge in [0.25, 0.3) is 0 Å². The number of methoxy groups -OCH3 is 1. The molecule has 0 bridgehead atoms. The van der Waals surface area contributed by atoms with E-state index in [1.165, 1.54) is 5.56 Å². The molecule has 0 aliphatic carbocycles. The van der Waals surface area contributed by atoms with Gasteiger partial charge in [0.2, 0.25) is 0 Å². The van der Waals surface area contributed by atoms with Gasteiger partial charge in [0.15, 0.2) is 5.96 Å². The van der Waals surface area contributed by atoms with E-state index in [0.717, 1.165) is 36.8 Å². The van der Waals surface area contributed by atoms with Crippen molar-refractivity contribution >= 4 is 5.96 Å². The molecule has 2 rings (SSSR count). The molecule has 1 heterocycles. The second-order valence-electron chi connectivity index (χ2n) is 5.74. The highest BCUT2D eigenvalue weighted by Crippen LogP contribution is 2.24. The van der Waals surface area contributed by atoms with Gasteiger partial charge in [-0.05, 0) is 31.9 Å². The molecule has 0 amide bonds. The summed E-state index contributed by atoms with van der Waals surface area (Å²) >= 11 is 0. The standard InChI is InChI=1S/C18H27N5O/c1-14-12-21-23(13-14)11-7-10-20-18(19-3)22-15(2)16-8-5-6-9-17(16)24-4/h5-6,8-9,12-13,15H,7,10-11H2,1-4H3,(H2,19,20,22)/t15-/m1/s1. The Hall–Kier alpha value is -2.50. The molecule has 0 saturated carbocycles. The van der Waals surface area contributed by atoms with E-state index in [4.69, 9.17) is 4.74 Å². The molecule has 0 aliphatic heterocycles. The maximum Gasteiger partial charge on any atom is 0.191 e. The summed E-state index contributed by atoms with van der Waals surface area (Å²) < 4.78 is 7.38. The average molecular weight is 329 g/mol. The van der Waals surface area contributed by atoms with Crippen molar-refractivity contribution in [2.24, 2.45) is 4.99 Å². The largest absolute Gasteiger partial charge is 0.496 e. The van der Waals surface area contributed by atoms with E-state index < -0.39 is 0 Å². The quantitative estimate of drug-likeness (QED) is 0.465. The number of hydrogen-bond acceptors (Lipinski definition) is 3. The molecule has 24 heavy (non-hydrogen) atoms. The van der Waals surface area contributed by atoms with Crippen LogP contribution in [0.1, 0.15) is 30.5 Å². The van der Waals surface area contributed by atoms with E-state index in [-0.39, 0.29) is 6.04 Å². The molecular formula is C18H27N5O. The summed E-state index contributed by atoms with van der Waals surface area (Å²) in [6.45, 7) is 5.86. The SMILES string of the molecule is CN=C(NCCCn1cc(C)cn1)N[C@H](C)c1ccccc1OC. The predicted molar refractivity (Wildman–Crippen MR) is 97.5 cm³/mol. The Labute approximate surface area is 143 Å². The van der Waals surface area contributed by atoms with Crippen LogP contribution in [-0.4, -0.2) is 36.4 Å². The van der Waals surface area contributed by atoms with Gasteiger partial charge in [-0.3, -0.25) is 9.67 Å². The molecule has 6 heteroatoms. The molecule has 1 atom stereocenters. The highest BCUT2D eigenvalue weighted by atomic mass is 16.5. The Morgan fingerprint density at radius 3 is 2.83 bits per heavy atom. The zero-order valence-electron chi connectivity index (χ0n) is 14.9. The van der Waals surface area contributed by atoms with Crippen LogP contribution in [0, 0.1) is 6.92 Å². The van der Waals surface area contributed by atoms with Crippen LogP contribution in [0.2, 0.25) is 0 Å². The molecule has 0 fully saturated rings. The van der Waals surface area contributed by atoms with E-state index in [2.05, 4.69) is 39.9 Å². The first-order valence-corrected chi connectivity index (χ1v) is 8.23. The number of para-hydroxylation sites is 1. The first-order chi connectivity index (χ1) is 11.6. The van der Waals surface area contributed by atoms with Crippen LogP contribution < -0.4 is 15.4 Å². The third-order valence-corrected chi connectivity index (χ3v) is 3.80. The minimum absolute atomic E-state index is 0.0983. The Bertz CT molecular complexity index is 665. The van der Waals surface area contributed by atoms with Gasteiger partial charge in [-0.25, -0.2) is 0 Å². The number of aromatic nitrogens is 2. The first-order valence-electron chi connectivity index (χ1n) is 8.23. The molecule has 130 valence electrons. The number of ether oxygens (including phenoxy) is 1. The number of guanidine groups is 1. The van der Waals surface area contributed by atoms with Crippen molar-refractivity contribution in [3.05, 3.63) is 47.8 Å². The minimum atomic E-state index is 0.0983. The van der Waals surface area contributed by atoms with Crippen molar-refractivity contribution in [1.82, 2.24) is 20.4 Å². The molecular weight excluding hydrogens is 302 g/mol. The van der Waals surface area contributed by atoms with E-state index in [1.807, 2.05) is 36.0 Å². The topological polar surface area (TPSA) is 63.5 Å². The van der Waals surface area contributed by atoms with Crippen LogP contribution in [-0.2, 0) is 6.54 Å². The van der Waals surface area contributed by atoms with Gasteiger partial charge in [0.1, 0.15) is 5.75 Å². The molecule has 0 unspecified atom stereocenters. The Morgan fingerprint density at radius 2 is 2.17 bits per heavy atom. The number of benzene rings is 1. The molecule has 2 aromatic rings. The summed E-state index contributed by atoms with van der Waals surface area (Å²) in [6, 6.07) is 8.11. The van der Waals surface area contributed by atoms with Crippen molar-refractivity contribution in [3.63, 3.8) is 0 Å². The van der Waals surface area contributed by atoms with Crippen molar-refractivity contribution < 1.29 is 4.74 Å². The van der Waals surface area contributed by atoms with Crippen LogP contribution in [0.5, 0.6) is 5.75 Å². The molecule has 2 N–H and O–H groups in total. The number of hydrogen-bond donors (Lipinski definition) is 2. The minimum Gasteiger partial charge on any atom is -0.496 e. The number of nitrogens with one attached hydrogen (secondary N) is 2. The summed E-state index contributed by atoms with van der Waals surface area (Å²) in [5.41, 5.74) is 2.29. The summed E-state index contributed by atoms with van der Waals surface area (Å²) in [4.78, 5) is 4.29. The summed E-state index contributed by atoms with van der Waals surface area (Å²) in [6.07, 6.45) is 4.91. The van der Waals surface area contributed by atoms with E-state index >= 15 is 0 Å². The van der Waals surface area contributed by atoms with Gasteiger partial charge in [0, 0.05) is 31.9 Å². The van der Waals surface area contributed by atoms with Crippen LogP contribution >= 0.6 is 0 Å². The van der Waals surface area contributed by atoms with Crippen molar-refractivity contribution in [1.29, 1.82) is 0 Å². The summed E-state index contributed by atoms with van der Waals surface area (Å²) in [5.74, 6) is 1.66. The maximum atomic E-state index is 5.42. The molecule has 1 aromatic carbocycles. The van der Waals surface area contributed by atoms with Gasteiger partial charge >= 0.3 is 0 Å². The fourth-order valence-corrected chi connectivity index (χ4v) is 2.54. The average Bonchev–Trinajstić information content (AvgIpc) is 3.02. The molecule has 6 nitrogen and oxygen atoms in total. The number of aliphatic imine (C=N–C) groups is 1. The number of nitrogens with zero attached hydrogens (tertiary/aromatic N) is 3. The second-order valence-corrected chi connectivity index (χ2v) is 5.74. The zero-order chi connectivity index (χ0) is 17.4. The monoisotopic (exact) mass is 329 g/mol. The van der Waals surface area contributed by atoms with Gasteiger partial charge in [-0.1, -0.05) is 18.2 Å². The van der Waals surface area contributed by atoms with Crippen LogP contribution in [0.15, 0.2) is 41.7 Å². The first kappa shape index (κ1) is 17.8. The predicted octanol–water partition coefficient (Wildman–Crippen LogP) is 2.52. The van der Waals surface area contributed by atoms with Crippen LogP contribution in [0.4, 0.5) is 0 Å². The van der Waals surface area contributed by atoms with Gasteiger partial charge in [-0.15, -0.1) is 0 Å². The lowest BCUT2D eigenvalue weighted by atomic mass is 10.1. The smallest absolute Gasteiger partial charge is 0.191 e.